The van der Waals surface area contributed by atoms with Gasteiger partial charge in [-0.15, -0.1) is 0 Å². The summed E-state index contributed by atoms with van der Waals surface area (Å²) in [5.41, 5.74) is 1.97. The number of halogens is 1. The summed E-state index contributed by atoms with van der Waals surface area (Å²) in [5.74, 6) is 0. The minimum atomic E-state index is -0.383. The van der Waals surface area contributed by atoms with Crippen LogP contribution in [0.25, 0.3) is 21.9 Å². The summed E-state index contributed by atoms with van der Waals surface area (Å²) in [6.45, 7) is 8.39. The molecular formula is C19H20BClO3. The van der Waals surface area contributed by atoms with Gasteiger partial charge in [-0.3, -0.25) is 0 Å². The fourth-order valence-corrected chi connectivity index (χ4v) is 3.52. The van der Waals surface area contributed by atoms with Crippen molar-refractivity contribution in [1.82, 2.24) is 0 Å². The lowest BCUT2D eigenvalue weighted by Crippen LogP contribution is -2.44. The van der Waals surface area contributed by atoms with Gasteiger partial charge >= 0.3 is 7.12 Å². The smallest absolute Gasteiger partial charge is 0.456 e. The van der Waals surface area contributed by atoms with E-state index in [4.69, 9.17) is 25.3 Å². The lowest BCUT2D eigenvalue weighted by atomic mass is 9.79. The Morgan fingerprint density at radius 1 is 0.958 bits per heavy atom. The largest absolute Gasteiger partial charge is 0.494 e. The molecule has 1 saturated heterocycles. The van der Waals surface area contributed by atoms with Gasteiger partial charge in [-0.05, 0) is 56.9 Å². The van der Waals surface area contributed by atoms with Crippen molar-refractivity contribution in [3.8, 4) is 0 Å². The lowest BCUT2D eigenvalue weighted by Gasteiger charge is -2.35. The highest BCUT2D eigenvalue weighted by Crippen LogP contribution is 2.39. The van der Waals surface area contributed by atoms with E-state index < -0.39 is 0 Å². The van der Waals surface area contributed by atoms with Crippen molar-refractivity contribution in [2.24, 2.45) is 0 Å². The fraction of sp³-hybridized carbons (Fsp3) is 0.368. The molecule has 0 N–H and O–H groups in total. The third-order valence-electron chi connectivity index (χ3n) is 5.45. The van der Waals surface area contributed by atoms with E-state index in [0.717, 1.165) is 33.8 Å². The SMILES string of the molecule is CCC1(C)OB(c2ccc3c(c2)oc2ccc(Cl)cc23)OC1(C)C. The van der Waals surface area contributed by atoms with Crippen LogP contribution in [0.2, 0.25) is 5.02 Å². The Balaban J connectivity index is 1.78. The molecular weight excluding hydrogens is 322 g/mol. The van der Waals surface area contributed by atoms with Crippen molar-refractivity contribution in [3.05, 3.63) is 41.4 Å². The van der Waals surface area contributed by atoms with Crippen molar-refractivity contribution in [1.29, 1.82) is 0 Å². The van der Waals surface area contributed by atoms with Crippen molar-refractivity contribution in [2.45, 2.75) is 45.3 Å². The van der Waals surface area contributed by atoms with Crippen molar-refractivity contribution in [3.63, 3.8) is 0 Å². The first-order valence-electron chi connectivity index (χ1n) is 8.30. The predicted octanol–water partition coefficient (Wildman–Crippen LogP) is 4.93. The molecule has 5 heteroatoms. The first-order chi connectivity index (χ1) is 11.3. The Labute approximate surface area is 147 Å². The van der Waals surface area contributed by atoms with Crippen LogP contribution in [-0.4, -0.2) is 18.3 Å². The van der Waals surface area contributed by atoms with Crippen molar-refractivity contribution >= 4 is 46.1 Å². The van der Waals surface area contributed by atoms with E-state index in [2.05, 4.69) is 27.7 Å². The Morgan fingerprint density at radius 3 is 2.46 bits per heavy atom. The van der Waals surface area contributed by atoms with E-state index in [1.54, 1.807) is 0 Å². The quantitative estimate of drug-likeness (QED) is 0.619. The van der Waals surface area contributed by atoms with Crippen molar-refractivity contribution < 1.29 is 13.7 Å². The lowest BCUT2D eigenvalue weighted by molar-refractivity contribution is -0.0118. The van der Waals surface area contributed by atoms with Gasteiger partial charge in [-0.25, -0.2) is 0 Å². The average Bonchev–Trinajstić information content (AvgIpc) is 3.02. The maximum atomic E-state index is 6.26. The number of benzene rings is 2. The van der Waals surface area contributed by atoms with Gasteiger partial charge < -0.3 is 13.7 Å². The van der Waals surface area contributed by atoms with Gasteiger partial charge in [-0.2, -0.15) is 0 Å². The van der Waals surface area contributed by atoms with Crippen LogP contribution in [-0.2, 0) is 9.31 Å². The van der Waals surface area contributed by atoms with Gasteiger partial charge in [0.05, 0.1) is 11.2 Å². The molecule has 0 bridgehead atoms. The zero-order chi connectivity index (χ0) is 17.1. The molecule has 3 aromatic rings. The van der Waals surface area contributed by atoms with Crippen molar-refractivity contribution in [2.75, 3.05) is 0 Å². The van der Waals surface area contributed by atoms with Crippen LogP contribution in [0.1, 0.15) is 34.1 Å². The first-order valence-corrected chi connectivity index (χ1v) is 8.68. The molecule has 2 aromatic carbocycles. The summed E-state index contributed by atoms with van der Waals surface area (Å²) in [6, 6.07) is 11.8. The van der Waals surface area contributed by atoms with Crippen LogP contribution in [0.4, 0.5) is 0 Å². The molecule has 24 heavy (non-hydrogen) atoms. The Morgan fingerprint density at radius 2 is 1.75 bits per heavy atom. The van der Waals surface area contributed by atoms with Gasteiger partial charge in [-0.1, -0.05) is 30.7 Å². The molecule has 0 spiro atoms. The monoisotopic (exact) mass is 342 g/mol. The Kier molecular flexibility index (Phi) is 3.50. The van der Waals surface area contributed by atoms with Crippen LogP contribution in [0.5, 0.6) is 0 Å². The van der Waals surface area contributed by atoms with Gasteiger partial charge in [0, 0.05) is 15.8 Å². The van der Waals surface area contributed by atoms with Gasteiger partial charge in [0.1, 0.15) is 11.2 Å². The summed E-state index contributed by atoms with van der Waals surface area (Å²) in [4.78, 5) is 0. The second kappa shape index (κ2) is 5.25. The summed E-state index contributed by atoms with van der Waals surface area (Å²) in [5, 5.41) is 2.78. The highest BCUT2D eigenvalue weighted by molar-refractivity contribution is 6.62. The zero-order valence-electron chi connectivity index (χ0n) is 14.4. The Hall–Kier alpha value is -1.49. The van der Waals surface area contributed by atoms with E-state index in [1.165, 1.54) is 0 Å². The minimum absolute atomic E-state index is 0.311. The molecule has 1 fully saturated rings. The molecule has 0 radical (unpaired) electrons. The van der Waals surface area contributed by atoms with Crippen LogP contribution in [0.15, 0.2) is 40.8 Å². The molecule has 2 heterocycles. The molecule has 0 amide bonds. The molecule has 0 saturated carbocycles. The van der Waals surface area contributed by atoms with E-state index in [-0.39, 0.29) is 18.3 Å². The third-order valence-corrected chi connectivity index (χ3v) is 5.68. The van der Waals surface area contributed by atoms with Gasteiger partial charge in [0.15, 0.2) is 0 Å². The topological polar surface area (TPSA) is 31.6 Å². The number of fused-ring (bicyclic) bond motifs is 3. The minimum Gasteiger partial charge on any atom is -0.456 e. The highest BCUT2D eigenvalue weighted by atomic mass is 35.5. The number of furan rings is 1. The maximum absolute atomic E-state index is 6.26. The molecule has 1 aliphatic rings. The van der Waals surface area contributed by atoms with E-state index in [1.807, 2.05) is 36.4 Å². The number of hydrogen-bond acceptors (Lipinski definition) is 3. The summed E-state index contributed by atoms with van der Waals surface area (Å²) in [7, 11) is -0.383. The molecule has 124 valence electrons. The standard InChI is InChI=1S/C19H20BClO3/c1-5-19(4)18(2,3)23-20(24-19)12-6-8-14-15-11-13(21)7-9-16(15)22-17(14)10-12/h6-11H,5H2,1-4H3. The number of rotatable bonds is 2. The zero-order valence-corrected chi connectivity index (χ0v) is 15.1. The van der Waals surface area contributed by atoms with E-state index in [0.29, 0.717) is 5.02 Å². The normalized spacial score (nSPS) is 23.5. The molecule has 1 aromatic heterocycles. The van der Waals surface area contributed by atoms with Gasteiger partial charge in [0.25, 0.3) is 0 Å². The van der Waals surface area contributed by atoms with Crippen LogP contribution in [0, 0.1) is 0 Å². The Bertz CT molecular complexity index is 933. The summed E-state index contributed by atoms with van der Waals surface area (Å²) in [6.07, 6.45) is 0.891. The predicted molar refractivity (Wildman–Crippen MR) is 99.1 cm³/mol. The number of hydrogen-bond donors (Lipinski definition) is 0. The second-order valence-electron chi connectivity index (χ2n) is 7.16. The fourth-order valence-electron chi connectivity index (χ4n) is 3.35. The molecule has 3 nitrogen and oxygen atoms in total. The molecule has 0 aliphatic carbocycles. The summed E-state index contributed by atoms with van der Waals surface area (Å²) >= 11 is 6.11. The summed E-state index contributed by atoms with van der Waals surface area (Å²) < 4.78 is 18.4. The maximum Gasteiger partial charge on any atom is 0.494 e. The van der Waals surface area contributed by atoms with Crippen LogP contribution < -0.4 is 5.46 Å². The molecule has 1 aliphatic heterocycles. The van der Waals surface area contributed by atoms with Crippen LogP contribution >= 0.6 is 11.6 Å². The second-order valence-corrected chi connectivity index (χ2v) is 7.60. The highest BCUT2D eigenvalue weighted by Gasteiger charge is 2.53. The molecule has 4 rings (SSSR count). The first kappa shape index (κ1) is 16.0. The molecule has 1 unspecified atom stereocenters. The molecule has 1 atom stereocenters. The van der Waals surface area contributed by atoms with E-state index >= 15 is 0 Å². The van der Waals surface area contributed by atoms with E-state index in [9.17, 15) is 0 Å². The van der Waals surface area contributed by atoms with Crippen LogP contribution in [0.3, 0.4) is 0 Å². The average molecular weight is 343 g/mol. The third kappa shape index (κ3) is 2.28. The van der Waals surface area contributed by atoms with Gasteiger partial charge in [0.2, 0.25) is 0 Å².